The lowest BCUT2D eigenvalue weighted by Gasteiger charge is -2.39. The van der Waals surface area contributed by atoms with Gasteiger partial charge in [0.05, 0.1) is 45.8 Å². The van der Waals surface area contributed by atoms with Gasteiger partial charge >= 0.3 is 0 Å². The van der Waals surface area contributed by atoms with Gasteiger partial charge in [-0.2, -0.15) is 0 Å². The topological polar surface area (TPSA) is 188 Å². The third kappa shape index (κ3) is 13.9. The van der Waals surface area contributed by atoms with Crippen LogP contribution < -0.4 is 31.3 Å². The Hall–Kier alpha value is -4.88. The van der Waals surface area contributed by atoms with Gasteiger partial charge in [0, 0.05) is 49.6 Å². The molecule has 2 aromatic heterocycles. The molecule has 0 unspecified atom stereocenters. The molecule has 0 radical (unpaired) electrons. The van der Waals surface area contributed by atoms with Gasteiger partial charge in [0.2, 0.25) is 17.7 Å². The summed E-state index contributed by atoms with van der Waals surface area (Å²) in [6.07, 6.45) is 11.4. The van der Waals surface area contributed by atoms with E-state index in [-0.39, 0.29) is 42.5 Å². The van der Waals surface area contributed by atoms with E-state index in [1.807, 2.05) is 75.8 Å². The lowest BCUT2D eigenvalue weighted by Crippen LogP contribution is -2.58. The summed E-state index contributed by atoms with van der Waals surface area (Å²) in [5.41, 5.74) is 8.71. The summed E-state index contributed by atoms with van der Waals surface area (Å²) < 4.78 is 21.2. The van der Waals surface area contributed by atoms with Crippen LogP contribution in [0.4, 0.5) is 15.9 Å². The van der Waals surface area contributed by atoms with Gasteiger partial charge in [0.1, 0.15) is 28.7 Å². The summed E-state index contributed by atoms with van der Waals surface area (Å²) in [7, 11) is 0. The van der Waals surface area contributed by atoms with Crippen LogP contribution in [-0.4, -0.2) is 119 Å². The van der Waals surface area contributed by atoms with Crippen molar-refractivity contribution in [3.05, 3.63) is 70.6 Å². The van der Waals surface area contributed by atoms with Crippen molar-refractivity contribution in [2.45, 2.75) is 139 Å². The predicted molar refractivity (Wildman–Crippen MR) is 287 cm³/mol. The quantitative estimate of drug-likeness (QED) is 0.0617. The summed E-state index contributed by atoms with van der Waals surface area (Å²) in [6.45, 7) is 15.8. The molecular weight excluding hydrogens is 987 g/mol. The van der Waals surface area contributed by atoms with Crippen molar-refractivity contribution in [2.24, 2.45) is 22.5 Å². The van der Waals surface area contributed by atoms with E-state index in [2.05, 4.69) is 47.6 Å². The number of rotatable bonds is 20. The maximum Gasteiger partial charge on any atom is 0.258 e. The molecule has 1 saturated carbocycles. The maximum absolute atomic E-state index is 14.7. The largest absolute Gasteiger partial charge is 0.493 e. The molecule has 15 nitrogen and oxygen atoms in total. The number of anilines is 2. The number of aryl methyl sites for hydroxylation is 1. The highest BCUT2D eigenvalue weighted by molar-refractivity contribution is 7.99. The summed E-state index contributed by atoms with van der Waals surface area (Å²) in [4.78, 5) is 75.4. The fourth-order valence-electron chi connectivity index (χ4n) is 9.90. The van der Waals surface area contributed by atoms with Crippen LogP contribution in [0.15, 0.2) is 64.2 Å². The van der Waals surface area contributed by atoms with E-state index >= 15 is 0 Å². The molecule has 2 atom stereocenters. The standard InChI is InChI=1S/C54H72ClFN10O5S2/c1-35-47(72-34-61-35)37-13-14-38(30-60-49(68)40-11-7-22-66(40)50(69)48(52(2,3)4)63-51(70)54(56)18-19-54)41(29-37)71-28-8-9-36-15-23-64(24-16-36)25-17-44(67)62-39-10-6-12-42(46(39)55)73-45-32-58-43(31-59-45)65-26-20-53(5,33-57)21-27-65/h6,10,12-14,29,31-32,34,36,40,48H,7-9,11,15-28,30,33,57H2,1-5H3,(H,60,68)(H,62,67)(H,63,70)/t40-,48+/m0/s1. The first kappa shape index (κ1) is 54.4. The van der Waals surface area contributed by atoms with E-state index < -0.39 is 29.1 Å². The summed E-state index contributed by atoms with van der Waals surface area (Å²) in [5.74, 6) is 0.597. The SMILES string of the molecule is Cc1ncsc1-c1ccc(CNC(=O)[C@@H]2CCCN2C(=O)[C@@H](NC(=O)C2(F)CC2)C(C)(C)C)c(OCCCC2CCN(CCC(=O)Nc3cccc(Sc4cnc(N5CCC(C)(CN)CC5)cn4)c3Cl)CC2)c1. The molecule has 394 valence electrons. The Morgan fingerprint density at radius 3 is 2.44 bits per heavy atom. The number of amides is 4. The number of benzene rings is 2. The number of alkyl halides is 1. The van der Waals surface area contributed by atoms with Crippen LogP contribution in [-0.2, 0) is 25.7 Å². The van der Waals surface area contributed by atoms with Crippen molar-refractivity contribution < 1.29 is 28.3 Å². The second-order valence-electron chi connectivity index (χ2n) is 21.7. The van der Waals surface area contributed by atoms with Crippen molar-refractivity contribution in [2.75, 3.05) is 62.6 Å². The van der Waals surface area contributed by atoms with Crippen molar-refractivity contribution in [3.8, 4) is 16.2 Å². The van der Waals surface area contributed by atoms with Gasteiger partial charge in [0.15, 0.2) is 5.67 Å². The number of halogens is 2. The van der Waals surface area contributed by atoms with E-state index in [0.717, 1.165) is 102 Å². The van der Waals surface area contributed by atoms with Crippen LogP contribution in [0.5, 0.6) is 5.75 Å². The van der Waals surface area contributed by atoms with Gasteiger partial charge < -0.3 is 41.1 Å². The number of nitrogens with two attached hydrogens (primary N) is 1. The molecule has 4 aromatic rings. The lowest BCUT2D eigenvalue weighted by atomic mass is 9.80. The first-order valence-corrected chi connectivity index (χ1v) is 28.0. The van der Waals surface area contributed by atoms with Crippen molar-refractivity contribution >= 4 is 69.8 Å². The Bertz CT molecular complexity index is 2580. The van der Waals surface area contributed by atoms with Gasteiger partial charge in [-0.3, -0.25) is 19.2 Å². The van der Waals surface area contributed by atoms with E-state index in [9.17, 15) is 23.6 Å². The summed E-state index contributed by atoms with van der Waals surface area (Å²) >= 11 is 9.81. The zero-order chi connectivity index (χ0) is 51.9. The van der Waals surface area contributed by atoms with Crippen LogP contribution in [0.3, 0.4) is 0 Å². The van der Waals surface area contributed by atoms with Crippen molar-refractivity contribution in [3.63, 3.8) is 0 Å². The van der Waals surface area contributed by atoms with Gasteiger partial charge in [-0.05, 0) is 131 Å². The zero-order valence-corrected chi connectivity index (χ0v) is 45.3. The van der Waals surface area contributed by atoms with E-state index in [4.69, 9.17) is 22.1 Å². The maximum atomic E-state index is 14.7. The molecule has 73 heavy (non-hydrogen) atoms. The fourth-order valence-corrected chi connectivity index (χ4v) is 11.8. The molecule has 8 rings (SSSR count). The highest BCUT2D eigenvalue weighted by Crippen LogP contribution is 2.41. The number of carbonyl (C=O) groups excluding carboxylic acids is 4. The van der Waals surface area contributed by atoms with E-state index in [1.165, 1.54) is 11.8 Å². The Morgan fingerprint density at radius 1 is 1.00 bits per heavy atom. The number of aromatic nitrogens is 3. The van der Waals surface area contributed by atoms with Crippen LogP contribution in [0.1, 0.15) is 110 Å². The van der Waals surface area contributed by atoms with Gasteiger partial charge in [-0.25, -0.2) is 19.3 Å². The molecule has 4 aliphatic rings. The van der Waals surface area contributed by atoms with Crippen LogP contribution in [0.25, 0.3) is 10.4 Å². The Morgan fingerprint density at radius 2 is 1.77 bits per heavy atom. The number of thiazole rings is 1. The molecule has 1 aliphatic carbocycles. The summed E-state index contributed by atoms with van der Waals surface area (Å²) in [6, 6.07) is 9.96. The molecule has 0 spiro atoms. The minimum Gasteiger partial charge on any atom is -0.493 e. The molecule has 5 heterocycles. The van der Waals surface area contributed by atoms with Crippen molar-refractivity contribution in [1.82, 2.24) is 35.4 Å². The van der Waals surface area contributed by atoms with Crippen molar-refractivity contribution in [1.29, 1.82) is 0 Å². The number of hydrogen-bond acceptors (Lipinski definition) is 13. The molecule has 3 aliphatic heterocycles. The third-order valence-electron chi connectivity index (χ3n) is 15.1. The Balaban J connectivity index is 0.776. The monoisotopic (exact) mass is 1060 g/mol. The molecule has 4 amide bonds. The minimum absolute atomic E-state index is 0.0814. The van der Waals surface area contributed by atoms with Crippen LogP contribution >= 0.6 is 34.7 Å². The molecule has 4 fully saturated rings. The number of hydrogen-bond donors (Lipinski definition) is 4. The van der Waals surface area contributed by atoms with E-state index in [1.54, 1.807) is 22.4 Å². The highest BCUT2D eigenvalue weighted by Gasteiger charge is 2.53. The number of carbonyl (C=O) groups is 4. The van der Waals surface area contributed by atoms with Gasteiger partial charge in [-0.1, -0.05) is 69.3 Å². The normalized spacial score (nSPS) is 19.3. The first-order valence-electron chi connectivity index (χ1n) is 25.9. The average molecular weight is 1060 g/mol. The number of nitrogens with one attached hydrogen (secondary N) is 3. The molecule has 3 saturated heterocycles. The summed E-state index contributed by atoms with van der Waals surface area (Å²) in [5, 5.41) is 9.98. The average Bonchev–Trinajstić information content (AvgIpc) is 3.70. The first-order chi connectivity index (χ1) is 34.9. The number of nitrogens with zero attached hydrogens (tertiary/aromatic N) is 6. The number of ether oxygens (including phenoxy) is 1. The zero-order valence-electron chi connectivity index (χ0n) is 42.9. The highest BCUT2D eigenvalue weighted by atomic mass is 35.5. The molecule has 5 N–H and O–H groups in total. The Kier molecular flexibility index (Phi) is 17.7. The predicted octanol–water partition coefficient (Wildman–Crippen LogP) is 8.82. The number of piperidine rings is 2. The molecule has 19 heteroatoms. The van der Waals surface area contributed by atoms with E-state index in [0.29, 0.717) is 67.9 Å². The fraction of sp³-hybridized carbons (Fsp3) is 0.574. The minimum atomic E-state index is -1.91. The number of likely N-dealkylation sites (tertiary alicyclic amines) is 2. The van der Waals surface area contributed by atoms with Crippen LogP contribution in [0, 0.1) is 23.7 Å². The van der Waals surface area contributed by atoms with Gasteiger partial charge in [0.25, 0.3) is 5.91 Å². The second-order valence-corrected chi connectivity index (χ2v) is 24.0. The molecule has 2 aromatic carbocycles. The van der Waals surface area contributed by atoms with Gasteiger partial charge in [-0.15, -0.1) is 11.3 Å². The molecule has 0 bridgehead atoms. The second kappa shape index (κ2) is 23.8. The smallest absolute Gasteiger partial charge is 0.258 e. The molecular formula is C54H72ClFN10O5S2. The van der Waals surface area contributed by atoms with Crippen LogP contribution in [0.2, 0.25) is 5.02 Å². The Labute approximate surface area is 442 Å². The lowest BCUT2D eigenvalue weighted by molar-refractivity contribution is -0.144. The third-order valence-corrected chi connectivity index (χ3v) is 17.6.